The number of rotatable bonds is 3. The molecule has 0 radical (unpaired) electrons. The minimum atomic E-state index is -3.70. The highest BCUT2D eigenvalue weighted by molar-refractivity contribution is 7.89. The highest BCUT2D eigenvalue weighted by Crippen LogP contribution is 2.40. The van der Waals surface area contributed by atoms with E-state index in [1.54, 1.807) is 30.3 Å². The van der Waals surface area contributed by atoms with Gasteiger partial charge >= 0.3 is 0 Å². The molecule has 1 amide bonds. The maximum Gasteiger partial charge on any atom is 0.261 e. The van der Waals surface area contributed by atoms with Gasteiger partial charge in [0.25, 0.3) is 20.2 Å². The number of hydrogen-bond acceptors (Lipinski definition) is 10. The van der Waals surface area contributed by atoms with Gasteiger partial charge in [-0.1, -0.05) is 18.2 Å². The number of benzene rings is 1. The molecule has 1 atom stereocenters. The van der Waals surface area contributed by atoms with Crippen molar-refractivity contribution in [3.05, 3.63) is 54.9 Å². The van der Waals surface area contributed by atoms with Crippen LogP contribution in [0, 0.1) is 0 Å². The van der Waals surface area contributed by atoms with Crippen molar-refractivity contribution in [2.75, 3.05) is 57.2 Å². The van der Waals surface area contributed by atoms with Crippen molar-refractivity contribution >= 4 is 41.9 Å². The molecule has 3 aliphatic heterocycles. The number of carbonyl (C=O) groups excluding carboxylic acids is 1. The zero-order valence-corrected chi connectivity index (χ0v) is 25.4. The van der Waals surface area contributed by atoms with Crippen LogP contribution in [0.3, 0.4) is 0 Å². The number of piperazine rings is 1. The number of piperidine rings is 1. The lowest BCUT2D eigenvalue weighted by Gasteiger charge is -2.44. The van der Waals surface area contributed by atoms with Crippen molar-refractivity contribution < 1.29 is 39.2 Å². The number of pyridine rings is 1. The summed E-state index contributed by atoms with van der Waals surface area (Å²) in [5.41, 5.74) is 1.05. The molecule has 41 heavy (non-hydrogen) atoms. The SMILES string of the molecule is CN1C2CN(S(=O)(=O)c3ccccc3)CC(=O)N2CC12CCN(c1ccncc1)CC2.CS(=O)(=O)O.CS(=O)(=O)O. The Morgan fingerprint density at radius 1 is 0.878 bits per heavy atom. The molecule has 17 heteroatoms. The Morgan fingerprint density at radius 3 is 1.90 bits per heavy atom. The zero-order chi connectivity index (χ0) is 30.6. The molecule has 1 unspecified atom stereocenters. The van der Waals surface area contributed by atoms with Gasteiger partial charge in [0.2, 0.25) is 15.9 Å². The summed E-state index contributed by atoms with van der Waals surface area (Å²) in [6, 6.07) is 12.4. The van der Waals surface area contributed by atoms with E-state index in [1.807, 2.05) is 36.5 Å². The van der Waals surface area contributed by atoms with Gasteiger partial charge in [0.1, 0.15) is 0 Å². The predicted molar refractivity (Wildman–Crippen MR) is 152 cm³/mol. The first-order valence-electron chi connectivity index (χ1n) is 12.5. The average Bonchev–Trinajstić information content (AvgIpc) is 3.15. The first kappa shape index (κ1) is 32.8. The fourth-order valence-electron chi connectivity index (χ4n) is 5.19. The predicted octanol–water partition coefficient (Wildman–Crippen LogP) is 0.233. The molecule has 3 fully saturated rings. The second-order valence-corrected chi connectivity index (χ2v) is 15.0. The van der Waals surface area contributed by atoms with Gasteiger partial charge in [-0.25, -0.2) is 8.42 Å². The molecule has 0 aliphatic carbocycles. The van der Waals surface area contributed by atoms with Crippen molar-refractivity contribution in [3.8, 4) is 0 Å². The van der Waals surface area contributed by atoms with Gasteiger partial charge < -0.3 is 9.80 Å². The summed E-state index contributed by atoms with van der Waals surface area (Å²) in [7, 11) is -8.99. The molecular formula is C24H35N5O9S3. The first-order valence-corrected chi connectivity index (χ1v) is 17.6. The third kappa shape index (κ3) is 8.91. The molecule has 1 aromatic carbocycles. The van der Waals surface area contributed by atoms with Crippen molar-refractivity contribution in [3.63, 3.8) is 0 Å². The number of fused-ring (bicyclic) bond motifs is 1. The van der Waals surface area contributed by atoms with Gasteiger partial charge in [-0.15, -0.1) is 0 Å². The monoisotopic (exact) mass is 633 g/mol. The quantitative estimate of drug-likeness (QED) is 0.439. The number of aromatic nitrogens is 1. The van der Waals surface area contributed by atoms with Crippen LogP contribution in [0.5, 0.6) is 0 Å². The number of likely N-dealkylation sites (N-methyl/N-ethyl adjacent to an activating group) is 1. The molecular weight excluding hydrogens is 598 g/mol. The Kier molecular flexibility index (Phi) is 10.2. The van der Waals surface area contributed by atoms with Crippen LogP contribution in [0.25, 0.3) is 0 Å². The van der Waals surface area contributed by atoms with Gasteiger partial charge in [-0.3, -0.25) is 23.8 Å². The van der Waals surface area contributed by atoms with E-state index in [-0.39, 0.29) is 29.1 Å². The summed E-state index contributed by atoms with van der Waals surface area (Å²) in [6.07, 6.45) is 6.67. The summed E-state index contributed by atoms with van der Waals surface area (Å²) in [5, 5.41) is 0. The molecule has 0 saturated carbocycles. The van der Waals surface area contributed by atoms with E-state index < -0.39 is 30.3 Å². The van der Waals surface area contributed by atoms with E-state index in [4.69, 9.17) is 9.11 Å². The minimum absolute atomic E-state index is 0.0964. The molecule has 4 heterocycles. The lowest BCUT2D eigenvalue weighted by molar-refractivity contribution is -0.137. The Labute approximate surface area is 241 Å². The first-order chi connectivity index (χ1) is 18.9. The smallest absolute Gasteiger partial charge is 0.261 e. The van der Waals surface area contributed by atoms with Crippen LogP contribution in [-0.2, 0) is 35.1 Å². The van der Waals surface area contributed by atoms with E-state index in [2.05, 4.69) is 14.8 Å². The lowest BCUT2D eigenvalue weighted by Crippen LogP contribution is -2.59. The fourth-order valence-corrected chi connectivity index (χ4v) is 6.60. The molecule has 14 nitrogen and oxygen atoms in total. The maximum absolute atomic E-state index is 13.1. The molecule has 2 N–H and O–H groups in total. The molecule has 1 aromatic heterocycles. The van der Waals surface area contributed by atoms with Crippen molar-refractivity contribution in [1.82, 2.24) is 19.1 Å². The van der Waals surface area contributed by atoms with Crippen LogP contribution in [0.1, 0.15) is 12.8 Å². The highest BCUT2D eigenvalue weighted by atomic mass is 32.2. The van der Waals surface area contributed by atoms with Crippen LogP contribution >= 0.6 is 0 Å². The van der Waals surface area contributed by atoms with E-state index in [1.165, 1.54) is 9.99 Å². The van der Waals surface area contributed by atoms with Crippen molar-refractivity contribution in [2.24, 2.45) is 0 Å². The normalized spacial score (nSPS) is 21.4. The Bertz CT molecular complexity index is 1470. The number of amides is 1. The van der Waals surface area contributed by atoms with Crippen LogP contribution in [-0.4, -0.2) is 123 Å². The average molecular weight is 634 g/mol. The minimum Gasteiger partial charge on any atom is -0.371 e. The van der Waals surface area contributed by atoms with Crippen LogP contribution < -0.4 is 4.90 Å². The van der Waals surface area contributed by atoms with Gasteiger partial charge in [0, 0.05) is 49.8 Å². The molecule has 0 bridgehead atoms. The standard InChI is InChI=1S/C22H27N5O3S.2CH4O3S/c1-24-20-15-26(31(29,30)19-5-3-2-4-6-19)16-21(28)27(20)17-22(24)9-13-25(14-10-22)18-7-11-23-12-8-18;2*1-5(2,3)4/h2-8,11-12,20H,9-10,13-17H2,1H3;2*1H3,(H,2,3,4). The summed E-state index contributed by atoms with van der Waals surface area (Å²) in [4.78, 5) is 23.8. The summed E-state index contributed by atoms with van der Waals surface area (Å²) >= 11 is 0. The molecule has 3 saturated heterocycles. The molecule has 1 spiro atoms. The molecule has 2 aromatic rings. The fraction of sp³-hybridized carbons (Fsp3) is 0.500. The number of hydrogen-bond donors (Lipinski definition) is 2. The van der Waals surface area contributed by atoms with E-state index in [0.29, 0.717) is 25.6 Å². The Hall–Kier alpha value is -2.67. The van der Waals surface area contributed by atoms with Crippen LogP contribution in [0.2, 0.25) is 0 Å². The summed E-state index contributed by atoms with van der Waals surface area (Å²) in [5.74, 6) is -0.115. The number of carbonyl (C=O) groups is 1. The van der Waals surface area contributed by atoms with Gasteiger partial charge in [-0.05, 0) is 44.2 Å². The molecule has 228 valence electrons. The van der Waals surface area contributed by atoms with Crippen molar-refractivity contribution in [2.45, 2.75) is 29.4 Å². The summed E-state index contributed by atoms with van der Waals surface area (Å²) < 4.78 is 79.3. The summed E-state index contributed by atoms with van der Waals surface area (Å²) in [6.45, 7) is 2.66. The third-order valence-corrected chi connectivity index (χ3v) is 8.95. The van der Waals surface area contributed by atoms with E-state index in [0.717, 1.165) is 25.9 Å². The highest BCUT2D eigenvalue weighted by Gasteiger charge is 2.54. The zero-order valence-electron chi connectivity index (χ0n) is 22.9. The van der Waals surface area contributed by atoms with Crippen molar-refractivity contribution in [1.29, 1.82) is 0 Å². The second-order valence-electron chi connectivity index (χ2n) is 10.1. The third-order valence-electron chi connectivity index (χ3n) is 7.12. The number of nitrogens with zero attached hydrogens (tertiary/aromatic N) is 5. The lowest BCUT2D eigenvalue weighted by atomic mass is 9.86. The largest absolute Gasteiger partial charge is 0.371 e. The Morgan fingerprint density at radius 2 is 1.39 bits per heavy atom. The van der Waals surface area contributed by atoms with Gasteiger partial charge in [0.05, 0.1) is 30.1 Å². The Balaban J connectivity index is 0.000000400. The maximum atomic E-state index is 13.1. The van der Waals surface area contributed by atoms with Gasteiger partial charge in [0.15, 0.2) is 0 Å². The van der Waals surface area contributed by atoms with Crippen LogP contribution in [0.4, 0.5) is 5.69 Å². The molecule has 3 aliphatic rings. The second kappa shape index (κ2) is 12.7. The van der Waals surface area contributed by atoms with Gasteiger partial charge in [-0.2, -0.15) is 21.1 Å². The van der Waals surface area contributed by atoms with E-state index in [9.17, 15) is 30.0 Å². The number of sulfonamides is 1. The van der Waals surface area contributed by atoms with Crippen LogP contribution in [0.15, 0.2) is 59.8 Å². The molecule has 5 rings (SSSR count). The topological polar surface area (TPSA) is 186 Å². The van der Waals surface area contributed by atoms with E-state index >= 15 is 0 Å². The number of anilines is 1.